The summed E-state index contributed by atoms with van der Waals surface area (Å²) < 4.78 is 43.3. The molecular formula is C12H8ClF3N2O3. The summed E-state index contributed by atoms with van der Waals surface area (Å²) in [5.41, 5.74) is -1.59. The van der Waals surface area contributed by atoms with Gasteiger partial charge in [-0.2, -0.15) is 13.2 Å². The van der Waals surface area contributed by atoms with Crippen LogP contribution in [0.2, 0.25) is 0 Å². The van der Waals surface area contributed by atoms with Crippen molar-refractivity contribution in [3.05, 3.63) is 47.9 Å². The molecule has 0 unspecified atom stereocenters. The lowest BCUT2D eigenvalue weighted by molar-refractivity contribution is -0.138. The molecule has 1 aromatic heterocycles. The number of halogens is 4. The zero-order chi connectivity index (χ0) is 14.8. The Labute approximate surface area is 122 Å². The van der Waals surface area contributed by atoms with Crippen LogP contribution in [0.4, 0.5) is 13.2 Å². The van der Waals surface area contributed by atoms with Gasteiger partial charge in [0.2, 0.25) is 5.69 Å². The Balaban J connectivity index is 0.00000220. The second kappa shape index (κ2) is 6.40. The van der Waals surface area contributed by atoms with E-state index in [0.29, 0.717) is 0 Å². The van der Waals surface area contributed by atoms with Crippen LogP contribution in [0.5, 0.6) is 11.6 Å². The van der Waals surface area contributed by atoms with E-state index in [1.165, 1.54) is 12.1 Å². The fraction of sp³-hybridized carbons (Fsp3) is 0.0833. The number of nitrogens with zero attached hydrogens (tertiary/aromatic N) is 2. The van der Waals surface area contributed by atoms with Crippen molar-refractivity contribution >= 4 is 18.4 Å². The van der Waals surface area contributed by atoms with Gasteiger partial charge in [0.25, 0.3) is 5.88 Å². The van der Waals surface area contributed by atoms with Crippen molar-refractivity contribution < 1.29 is 27.8 Å². The van der Waals surface area contributed by atoms with Crippen molar-refractivity contribution in [2.24, 2.45) is 0 Å². The van der Waals surface area contributed by atoms with E-state index in [9.17, 15) is 18.0 Å². The molecule has 1 N–H and O–H groups in total. The number of alkyl halides is 3. The van der Waals surface area contributed by atoms with Crippen LogP contribution in [-0.2, 0) is 6.18 Å². The third-order valence-electron chi connectivity index (χ3n) is 2.27. The minimum atomic E-state index is -4.62. The van der Waals surface area contributed by atoms with E-state index < -0.39 is 35.0 Å². The van der Waals surface area contributed by atoms with Crippen molar-refractivity contribution in [3.63, 3.8) is 0 Å². The molecule has 0 aliphatic carbocycles. The molecule has 112 valence electrons. The molecule has 0 saturated carbocycles. The summed E-state index contributed by atoms with van der Waals surface area (Å²) in [5.74, 6) is -2.49. The Bertz CT molecular complexity index is 650. The number of aromatic carboxylic acids is 1. The van der Waals surface area contributed by atoms with Gasteiger partial charge < -0.3 is 9.84 Å². The van der Waals surface area contributed by atoms with Crippen molar-refractivity contribution in [1.29, 1.82) is 0 Å². The largest absolute Gasteiger partial charge is 0.476 e. The van der Waals surface area contributed by atoms with E-state index in [1.807, 2.05) is 0 Å². The second-order valence-corrected chi connectivity index (χ2v) is 3.61. The summed E-state index contributed by atoms with van der Waals surface area (Å²) in [7, 11) is 0. The molecule has 2 aromatic rings. The van der Waals surface area contributed by atoms with Gasteiger partial charge in [-0.15, -0.1) is 12.4 Å². The molecule has 21 heavy (non-hydrogen) atoms. The number of carboxylic acids is 1. The highest BCUT2D eigenvalue weighted by atomic mass is 35.5. The molecule has 0 aliphatic rings. The number of hydrogen-bond donors (Lipinski definition) is 1. The van der Waals surface area contributed by atoms with E-state index in [4.69, 9.17) is 9.84 Å². The SMILES string of the molecule is Cl.O=C(O)c1nccnc1Oc1ccccc1C(F)(F)F. The molecule has 0 aliphatic heterocycles. The van der Waals surface area contributed by atoms with Crippen molar-refractivity contribution in [2.45, 2.75) is 6.18 Å². The number of para-hydroxylation sites is 1. The van der Waals surface area contributed by atoms with Gasteiger partial charge in [-0.25, -0.2) is 14.8 Å². The topological polar surface area (TPSA) is 72.3 Å². The van der Waals surface area contributed by atoms with Gasteiger partial charge in [-0.05, 0) is 12.1 Å². The summed E-state index contributed by atoms with van der Waals surface area (Å²) >= 11 is 0. The highest BCUT2D eigenvalue weighted by molar-refractivity contribution is 5.87. The Morgan fingerprint density at radius 2 is 1.76 bits per heavy atom. The molecule has 1 heterocycles. The number of carboxylic acid groups (broad SMARTS) is 1. The van der Waals surface area contributed by atoms with Gasteiger partial charge >= 0.3 is 12.1 Å². The summed E-state index contributed by atoms with van der Waals surface area (Å²) in [6, 6.07) is 4.43. The molecule has 0 saturated heterocycles. The maximum Gasteiger partial charge on any atom is 0.419 e. The quantitative estimate of drug-likeness (QED) is 0.938. The Morgan fingerprint density at radius 1 is 1.14 bits per heavy atom. The third kappa shape index (κ3) is 3.82. The number of aromatic nitrogens is 2. The van der Waals surface area contributed by atoms with E-state index in [2.05, 4.69) is 9.97 Å². The Kier molecular flexibility index (Phi) is 5.09. The first-order valence-corrected chi connectivity index (χ1v) is 5.28. The minimum Gasteiger partial charge on any atom is -0.476 e. The van der Waals surface area contributed by atoms with E-state index in [1.54, 1.807) is 0 Å². The number of rotatable bonds is 3. The Hall–Kier alpha value is -2.35. The van der Waals surface area contributed by atoms with Gasteiger partial charge in [0, 0.05) is 12.4 Å². The molecule has 0 radical (unpaired) electrons. The zero-order valence-electron chi connectivity index (χ0n) is 10.2. The number of benzene rings is 1. The van der Waals surface area contributed by atoms with Crippen molar-refractivity contribution in [3.8, 4) is 11.6 Å². The van der Waals surface area contributed by atoms with E-state index >= 15 is 0 Å². The molecule has 0 spiro atoms. The maximum atomic E-state index is 12.8. The summed E-state index contributed by atoms with van der Waals surface area (Å²) in [6.07, 6.45) is -2.40. The van der Waals surface area contributed by atoms with Gasteiger partial charge in [-0.1, -0.05) is 12.1 Å². The normalized spacial score (nSPS) is 10.6. The van der Waals surface area contributed by atoms with Crippen molar-refractivity contribution in [2.75, 3.05) is 0 Å². The highest BCUT2D eigenvalue weighted by Crippen LogP contribution is 2.37. The van der Waals surface area contributed by atoms with Crippen LogP contribution < -0.4 is 4.74 Å². The first kappa shape index (κ1) is 16.7. The van der Waals surface area contributed by atoms with Gasteiger partial charge in [0.15, 0.2) is 0 Å². The van der Waals surface area contributed by atoms with Gasteiger partial charge in [-0.3, -0.25) is 0 Å². The van der Waals surface area contributed by atoms with Crippen LogP contribution in [-0.4, -0.2) is 21.0 Å². The Morgan fingerprint density at radius 3 is 2.38 bits per heavy atom. The van der Waals surface area contributed by atoms with Crippen LogP contribution in [0.3, 0.4) is 0 Å². The predicted octanol–water partition coefficient (Wildman–Crippen LogP) is 3.41. The van der Waals surface area contributed by atoms with Crippen LogP contribution in [0, 0.1) is 0 Å². The number of carbonyl (C=O) groups is 1. The molecule has 0 amide bonds. The lowest BCUT2D eigenvalue weighted by Crippen LogP contribution is -2.09. The highest BCUT2D eigenvalue weighted by Gasteiger charge is 2.34. The fourth-order valence-corrected chi connectivity index (χ4v) is 1.44. The lowest BCUT2D eigenvalue weighted by atomic mass is 10.2. The first-order chi connectivity index (χ1) is 9.39. The molecule has 5 nitrogen and oxygen atoms in total. The van der Waals surface area contributed by atoms with Gasteiger partial charge in [0.1, 0.15) is 5.75 Å². The second-order valence-electron chi connectivity index (χ2n) is 3.61. The standard InChI is InChI=1S/C12H7F3N2O3.ClH/c13-12(14,15)7-3-1-2-4-8(7)20-10-9(11(18)19)16-5-6-17-10;/h1-6H,(H,18,19);1H. The van der Waals surface area contributed by atoms with Gasteiger partial charge in [0.05, 0.1) is 5.56 Å². The maximum absolute atomic E-state index is 12.8. The molecule has 0 bridgehead atoms. The molecule has 0 fully saturated rings. The molecule has 1 aromatic carbocycles. The number of hydrogen-bond acceptors (Lipinski definition) is 4. The smallest absolute Gasteiger partial charge is 0.419 e. The summed E-state index contributed by atoms with van der Waals surface area (Å²) in [5, 5.41) is 8.87. The average Bonchev–Trinajstić information content (AvgIpc) is 2.38. The molecular weight excluding hydrogens is 313 g/mol. The van der Waals surface area contributed by atoms with Crippen LogP contribution in [0.1, 0.15) is 16.1 Å². The van der Waals surface area contributed by atoms with Crippen molar-refractivity contribution in [1.82, 2.24) is 9.97 Å². The van der Waals surface area contributed by atoms with E-state index in [-0.39, 0.29) is 12.4 Å². The van der Waals surface area contributed by atoms with Crippen LogP contribution in [0.25, 0.3) is 0 Å². The fourth-order valence-electron chi connectivity index (χ4n) is 1.44. The average molecular weight is 321 g/mol. The monoisotopic (exact) mass is 320 g/mol. The zero-order valence-corrected chi connectivity index (χ0v) is 11.0. The van der Waals surface area contributed by atoms with Crippen LogP contribution in [0.15, 0.2) is 36.7 Å². The van der Waals surface area contributed by atoms with Crippen LogP contribution >= 0.6 is 12.4 Å². The molecule has 2 rings (SSSR count). The lowest BCUT2D eigenvalue weighted by Gasteiger charge is -2.13. The molecule has 0 atom stereocenters. The molecule has 9 heteroatoms. The summed E-state index contributed by atoms with van der Waals surface area (Å²) in [6.45, 7) is 0. The van der Waals surface area contributed by atoms with E-state index in [0.717, 1.165) is 24.5 Å². The summed E-state index contributed by atoms with van der Waals surface area (Å²) in [4.78, 5) is 18.0. The minimum absolute atomic E-state index is 0. The number of ether oxygens (including phenoxy) is 1. The predicted molar refractivity (Wildman–Crippen MR) is 67.8 cm³/mol. The third-order valence-corrected chi connectivity index (χ3v) is 2.27. The first-order valence-electron chi connectivity index (χ1n) is 5.28.